The highest BCUT2D eigenvalue weighted by Gasteiger charge is 2.08. The van der Waals surface area contributed by atoms with Gasteiger partial charge in [-0.05, 0) is 22.6 Å². The Morgan fingerprint density at radius 1 is 0.889 bits per heavy atom. The quantitative estimate of drug-likeness (QED) is 0.596. The summed E-state index contributed by atoms with van der Waals surface area (Å²) in [4.78, 5) is 7.03. The summed E-state index contributed by atoms with van der Waals surface area (Å²) in [5, 5.41) is 23.5. The van der Waals surface area contributed by atoms with Crippen molar-refractivity contribution in [2.45, 2.75) is 0 Å². The number of tetrazole rings is 2. The van der Waals surface area contributed by atoms with E-state index in [1.807, 2.05) is 6.07 Å². The molecule has 0 unspecified atom stereocenters. The molecule has 0 bridgehead atoms. The summed E-state index contributed by atoms with van der Waals surface area (Å²) in [5.41, 5.74) is 1.44. The van der Waals surface area contributed by atoms with Gasteiger partial charge in [-0.25, -0.2) is 0 Å². The lowest BCUT2D eigenvalue weighted by Gasteiger charge is -1.95. The number of nitrogens with zero attached hydrogens (tertiary/aromatic N) is 9. The first-order valence-electron chi connectivity index (χ1n) is 5.17. The van der Waals surface area contributed by atoms with Gasteiger partial charge in [0.25, 0.3) is 0 Å². The largest absolute Gasteiger partial charge is 0.252 e. The molecule has 0 aromatic carbocycles. The second-order valence-electron chi connectivity index (χ2n) is 3.64. The first-order valence-corrected chi connectivity index (χ1v) is 5.17. The summed E-state index contributed by atoms with van der Waals surface area (Å²) < 4.78 is 0. The molecule has 0 spiro atoms. The molecule has 0 aliphatic rings. The van der Waals surface area contributed by atoms with Crippen LogP contribution in [-0.2, 0) is 14.1 Å². The van der Waals surface area contributed by atoms with Crippen LogP contribution in [0.5, 0.6) is 0 Å². The van der Waals surface area contributed by atoms with Crippen molar-refractivity contribution in [1.82, 2.24) is 45.4 Å². The van der Waals surface area contributed by atoms with Crippen LogP contribution >= 0.6 is 0 Å². The SMILES string of the molecule is Cn1nnc(-c2ccc(-c3nnn(C)n3)nc2)n1. The van der Waals surface area contributed by atoms with Crippen LogP contribution in [0, 0.1) is 0 Å². The van der Waals surface area contributed by atoms with Crippen LogP contribution in [0.15, 0.2) is 18.3 Å². The van der Waals surface area contributed by atoms with Crippen molar-refractivity contribution >= 4 is 0 Å². The molecule has 3 aromatic rings. The van der Waals surface area contributed by atoms with Gasteiger partial charge in [-0.15, -0.1) is 20.4 Å². The topological polar surface area (TPSA) is 100 Å². The fourth-order valence-electron chi connectivity index (χ4n) is 1.44. The van der Waals surface area contributed by atoms with E-state index in [0.717, 1.165) is 5.56 Å². The Morgan fingerprint density at radius 2 is 1.56 bits per heavy atom. The minimum atomic E-state index is 0.483. The Balaban J connectivity index is 1.94. The molecular weight excluding hydrogens is 234 g/mol. The summed E-state index contributed by atoms with van der Waals surface area (Å²) in [6.07, 6.45) is 1.66. The van der Waals surface area contributed by atoms with Crippen LogP contribution in [0.1, 0.15) is 0 Å². The molecule has 0 saturated carbocycles. The van der Waals surface area contributed by atoms with Crippen molar-refractivity contribution in [1.29, 1.82) is 0 Å². The summed E-state index contributed by atoms with van der Waals surface area (Å²) in [6.45, 7) is 0. The van der Waals surface area contributed by atoms with Gasteiger partial charge in [0.05, 0.1) is 14.1 Å². The summed E-state index contributed by atoms with van der Waals surface area (Å²) in [5.74, 6) is 1.01. The number of rotatable bonds is 2. The van der Waals surface area contributed by atoms with Gasteiger partial charge >= 0.3 is 0 Å². The van der Waals surface area contributed by atoms with E-state index < -0.39 is 0 Å². The van der Waals surface area contributed by atoms with Crippen molar-refractivity contribution in [3.63, 3.8) is 0 Å². The van der Waals surface area contributed by atoms with Gasteiger partial charge in [0.1, 0.15) is 5.69 Å². The molecular formula is C9H9N9. The maximum Gasteiger partial charge on any atom is 0.223 e. The van der Waals surface area contributed by atoms with Gasteiger partial charge in [0.2, 0.25) is 11.6 Å². The fourth-order valence-corrected chi connectivity index (χ4v) is 1.44. The molecule has 3 rings (SSSR count). The molecule has 0 amide bonds. The Bertz CT molecular complexity index is 606. The Hall–Kier alpha value is -2.71. The minimum absolute atomic E-state index is 0.483. The third-order valence-electron chi connectivity index (χ3n) is 2.27. The molecule has 0 fully saturated rings. The van der Waals surface area contributed by atoms with E-state index >= 15 is 0 Å². The number of hydrogen-bond donors (Lipinski definition) is 0. The molecule has 0 atom stereocenters. The first-order chi connectivity index (χ1) is 8.72. The highest BCUT2D eigenvalue weighted by atomic mass is 15.6. The van der Waals surface area contributed by atoms with Gasteiger partial charge in [0, 0.05) is 11.8 Å². The van der Waals surface area contributed by atoms with E-state index in [0.29, 0.717) is 17.3 Å². The third kappa shape index (κ3) is 1.81. The predicted octanol–water partition coefficient (Wildman–Crippen LogP) is -0.537. The normalized spacial score (nSPS) is 10.8. The highest BCUT2D eigenvalue weighted by molar-refractivity contribution is 5.57. The van der Waals surface area contributed by atoms with Crippen molar-refractivity contribution < 1.29 is 0 Å². The molecule has 9 nitrogen and oxygen atoms in total. The van der Waals surface area contributed by atoms with E-state index in [-0.39, 0.29) is 0 Å². The zero-order chi connectivity index (χ0) is 12.5. The Morgan fingerprint density at radius 3 is 2.06 bits per heavy atom. The lowest BCUT2D eigenvalue weighted by Crippen LogP contribution is -1.93. The molecule has 0 saturated heterocycles. The van der Waals surface area contributed by atoms with Gasteiger partial charge in [-0.2, -0.15) is 9.59 Å². The van der Waals surface area contributed by atoms with Crippen molar-refractivity contribution in [2.24, 2.45) is 14.1 Å². The van der Waals surface area contributed by atoms with Crippen LogP contribution in [0.25, 0.3) is 22.9 Å². The van der Waals surface area contributed by atoms with Gasteiger partial charge < -0.3 is 0 Å². The fraction of sp³-hybridized carbons (Fsp3) is 0.222. The zero-order valence-corrected chi connectivity index (χ0v) is 9.76. The van der Waals surface area contributed by atoms with Crippen LogP contribution < -0.4 is 0 Å². The minimum Gasteiger partial charge on any atom is -0.252 e. The average molecular weight is 243 g/mol. The number of pyridine rings is 1. The molecule has 18 heavy (non-hydrogen) atoms. The van der Waals surface area contributed by atoms with Crippen LogP contribution in [0.3, 0.4) is 0 Å². The van der Waals surface area contributed by atoms with Crippen LogP contribution in [-0.4, -0.2) is 45.4 Å². The average Bonchev–Trinajstić information content (AvgIpc) is 2.98. The molecule has 0 radical (unpaired) electrons. The molecule has 0 aliphatic carbocycles. The molecule has 0 N–H and O–H groups in total. The smallest absolute Gasteiger partial charge is 0.223 e. The maximum absolute atomic E-state index is 4.25. The lowest BCUT2D eigenvalue weighted by molar-refractivity contribution is 0.630. The van der Waals surface area contributed by atoms with Gasteiger partial charge in [-0.3, -0.25) is 4.98 Å². The van der Waals surface area contributed by atoms with E-state index in [1.54, 1.807) is 26.4 Å². The van der Waals surface area contributed by atoms with Crippen molar-refractivity contribution in [3.05, 3.63) is 18.3 Å². The summed E-state index contributed by atoms with van der Waals surface area (Å²) in [7, 11) is 3.41. The number of hydrogen-bond acceptors (Lipinski definition) is 7. The van der Waals surface area contributed by atoms with Crippen molar-refractivity contribution in [2.75, 3.05) is 0 Å². The lowest BCUT2D eigenvalue weighted by atomic mass is 10.2. The molecule has 9 heteroatoms. The van der Waals surface area contributed by atoms with E-state index in [2.05, 4.69) is 35.8 Å². The number of aromatic nitrogens is 9. The summed E-state index contributed by atoms with van der Waals surface area (Å²) >= 11 is 0. The Kier molecular flexibility index (Phi) is 2.29. The van der Waals surface area contributed by atoms with Crippen molar-refractivity contribution in [3.8, 4) is 22.9 Å². The van der Waals surface area contributed by atoms with Gasteiger partial charge in [-0.1, -0.05) is 0 Å². The molecule has 3 heterocycles. The second-order valence-corrected chi connectivity index (χ2v) is 3.64. The predicted molar refractivity (Wildman–Crippen MR) is 59.8 cm³/mol. The maximum atomic E-state index is 4.25. The van der Waals surface area contributed by atoms with Gasteiger partial charge in [0.15, 0.2) is 0 Å². The summed E-state index contributed by atoms with van der Waals surface area (Å²) in [6, 6.07) is 3.64. The Labute approximate surface area is 101 Å². The first kappa shape index (κ1) is 10.4. The second kappa shape index (κ2) is 3.95. The number of aryl methyl sites for hydroxylation is 2. The van der Waals surface area contributed by atoms with E-state index in [4.69, 9.17) is 0 Å². The molecule has 0 aliphatic heterocycles. The zero-order valence-electron chi connectivity index (χ0n) is 9.76. The molecule has 90 valence electrons. The molecule has 3 aromatic heterocycles. The standard InChI is InChI=1S/C9H9N9/c1-17-13-8(11-15-17)6-3-4-7(10-5-6)9-12-16-18(2)14-9/h3-5H,1-2H3. The monoisotopic (exact) mass is 243 g/mol. The van der Waals surface area contributed by atoms with Crippen LogP contribution in [0.4, 0.5) is 0 Å². The highest BCUT2D eigenvalue weighted by Crippen LogP contribution is 2.16. The van der Waals surface area contributed by atoms with E-state index in [1.165, 1.54) is 9.59 Å². The van der Waals surface area contributed by atoms with Crippen LogP contribution in [0.2, 0.25) is 0 Å². The third-order valence-corrected chi connectivity index (χ3v) is 2.27. The van der Waals surface area contributed by atoms with E-state index in [9.17, 15) is 0 Å².